The Labute approximate surface area is 140 Å². The molecule has 0 saturated carbocycles. The Morgan fingerprint density at radius 2 is 1.64 bits per heavy atom. The van der Waals surface area contributed by atoms with E-state index in [0.29, 0.717) is 5.56 Å². The van der Waals surface area contributed by atoms with Gasteiger partial charge in [-0.2, -0.15) is 0 Å². The minimum Gasteiger partial charge on any atom is -0.507 e. The van der Waals surface area contributed by atoms with Crippen LogP contribution in [0.2, 0.25) is 0 Å². The summed E-state index contributed by atoms with van der Waals surface area (Å²) in [5.41, 5.74) is 0.453. The van der Waals surface area contributed by atoms with Crippen molar-refractivity contribution < 1.29 is 29.3 Å². The van der Waals surface area contributed by atoms with E-state index in [1.165, 1.54) is 18.2 Å². The number of amides is 1. The summed E-state index contributed by atoms with van der Waals surface area (Å²) in [6, 6.07) is 5.98. The van der Waals surface area contributed by atoms with Gasteiger partial charge in [-0.1, -0.05) is 37.6 Å². The molecule has 0 aromatic heterocycles. The number of phenols is 1. The van der Waals surface area contributed by atoms with Crippen molar-refractivity contribution in [3.05, 3.63) is 59.7 Å². The molecule has 2 aromatic rings. The number of carbonyl (C=O) groups is 1. The largest absolute Gasteiger partial charge is 0.507 e. The van der Waals surface area contributed by atoms with Crippen LogP contribution in [0.25, 0.3) is 6.08 Å². The molecular formula is C16H14F5NO2S. The quantitative estimate of drug-likeness (QED) is 0.610. The van der Waals surface area contributed by atoms with Crippen molar-refractivity contribution in [3.8, 4) is 5.75 Å². The number of hydrogen-bond acceptors (Lipinski definition) is 2. The number of rotatable bonds is 4. The molecule has 0 fully saturated rings. The standard InChI is InChI=1S/C16H14F5NO2S/c1-2-3-11-4-5-12(10-15(11)23)16(24)22-13-6-8-14(9-7-13)25(17,18,19,20)21/h2-10,23H,1H3,(H,22,24). The number of phenolic OH excluding ortho intramolecular Hbond substituents is 1. The monoisotopic (exact) mass is 379 g/mol. The van der Waals surface area contributed by atoms with Gasteiger partial charge in [0.15, 0.2) is 0 Å². The zero-order valence-corrected chi connectivity index (χ0v) is 13.7. The Kier molecular flexibility index (Phi) is 4.12. The number of allylic oxidation sites excluding steroid dienone is 1. The third-order valence-electron chi connectivity index (χ3n) is 3.20. The van der Waals surface area contributed by atoms with Crippen LogP contribution in [0.4, 0.5) is 25.1 Å². The van der Waals surface area contributed by atoms with E-state index >= 15 is 0 Å². The van der Waals surface area contributed by atoms with Gasteiger partial charge in [0.2, 0.25) is 0 Å². The first-order valence-corrected chi connectivity index (χ1v) is 8.86. The van der Waals surface area contributed by atoms with Crippen LogP contribution in [0, 0.1) is 0 Å². The van der Waals surface area contributed by atoms with Crippen LogP contribution in [0.5, 0.6) is 5.75 Å². The minimum atomic E-state index is -9.74. The molecule has 0 aliphatic carbocycles. The first-order chi connectivity index (χ1) is 11.3. The van der Waals surface area contributed by atoms with Gasteiger partial charge in [0.25, 0.3) is 5.91 Å². The van der Waals surface area contributed by atoms with E-state index in [4.69, 9.17) is 0 Å². The zero-order valence-electron chi connectivity index (χ0n) is 12.8. The van der Waals surface area contributed by atoms with Crippen molar-refractivity contribution in [2.75, 3.05) is 5.32 Å². The Morgan fingerprint density at radius 3 is 2.12 bits per heavy atom. The molecule has 0 heterocycles. The van der Waals surface area contributed by atoms with Crippen molar-refractivity contribution in [1.82, 2.24) is 0 Å². The number of halogens is 5. The van der Waals surface area contributed by atoms with Gasteiger partial charge in [0, 0.05) is 16.8 Å². The predicted octanol–water partition coefficient (Wildman–Crippen LogP) is 6.34. The zero-order chi connectivity index (χ0) is 18.9. The molecule has 0 aliphatic heterocycles. The summed E-state index contributed by atoms with van der Waals surface area (Å²) in [6.07, 6.45) is 3.31. The van der Waals surface area contributed by atoms with E-state index in [2.05, 4.69) is 5.32 Å². The number of nitrogens with one attached hydrogen (secondary N) is 1. The lowest BCUT2D eigenvalue weighted by atomic mass is 10.1. The molecule has 3 nitrogen and oxygen atoms in total. The Bertz CT molecular complexity index is 846. The highest BCUT2D eigenvalue weighted by Gasteiger charge is 2.65. The van der Waals surface area contributed by atoms with Gasteiger partial charge in [-0.05, 0) is 43.3 Å². The van der Waals surface area contributed by atoms with Crippen LogP contribution in [-0.4, -0.2) is 11.0 Å². The molecule has 0 spiro atoms. The maximum absolute atomic E-state index is 12.6. The lowest BCUT2D eigenvalue weighted by Gasteiger charge is -2.40. The molecule has 136 valence electrons. The van der Waals surface area contributed by atoms with E-state index in [-0.39, 0.29) is 29.1 Å². The molecule has 0 atom stereocenters. The number of aromatic hydroxyl groups is 1. The molecule has 0 unspecified atom stereocenters. The maximum Gasteiger partial charge on any atom is 0.310 e. The van der Waals surface area contributed by atoms with Gasteiger partial charge in [-0.15, -0.1) is 0 Å². The molecule has 2 N–H and O–H groups in total. The van der Waals surface area contributed by atoms with Crippen molar-refractivity contribution >= 4 is 27.9 Å². The second kappa shape index (κ2) is 5.48. The molecule has 25 heavy (non-hydrogen) atoms. The van der Waals surface area contributed by atoms with Crippen molar-refractivity contribution in [2.24, 2.45) is 0 Å². The van der Waals surface area contributed by atoms with Crippen molar-refractivity contribution in [3.63, 3.8) is 0 Å². The topological polar surface area (TPSA) is 49.3 Å². The van der Waals surface area contributed by atoms with Crippen LogP contribution in [-0.2, 0) is 0 Å². The fourth-order valence-corrected chi connectivity index (χ4v) is 2.65. The average Bonchev–Trinajstić information content (AvgIpc) is 2.47. The van der Waals surface area contributed by atoms with Gasteiger partial charge in [0.1, 0.15) is 10.6 Å². The van der Waals surface area contributed by atoms with Crippen molar-refractivity contribution in [2.45, 2.75) is 11.8 Å². The third kappa shape index (κ3) is 4.72. The summed E-state index contributed by atoms with van der Waals surface area (Å²) in [4.78, 5) is 10.0. The van der Waals surface area contributed by atoms with Gasteiger partial charge in [0.05, 0.1) is 0 Å². The van der Waals surface area contributed by atoms with E-state index in [1.807, 2.05) is 0 Å². The molecule has 2 aromatic carbocycles. The Morgan fingerprint density at radius 1 is 1.04 bits per heavy atom. The smallest absolute Gasteiger partial charge is 0.310 e. The van der Waals surface area contributed by atoms with Gasteiger partial charge >= 0.3 is 10.2 Å². The lowest BCUT2D eigenvalue weighted by molar-refractivity contribution is 0.102. The molecule has 2 rings (SSSR count). The summed E-state index contributed by atoms with van der Waals surface area (Å²) in [5, 5.41) is 12.1. The molecule has 0 radical (unpaired) electrons. The van der Waals surface area contributed by atoms with Crippen LogP contribution < -0.4 is 5.32 Å². The number of carbonyl (C=O) groups excluding carboxylic acids is 1. The van der Waals surface area contributed by atoms with Gasteiger partial charge < -0.3 is 10.4 Å². The highest BCUT2D eigenvalue weighted by atomic mass is 32.5. The summed E-state index contributed by atoms with van der Waals surface area (Å²) in [5.74, 6) is -0.857. The highest BCUT2D eigenvalue weighted by Crippen LogP contribution is 3.02. The van der Waals surface area contributed by atoms with E-state index in [0.717, 1.165) is 12.1 Å². The summed E-state index contributed by atoms with van der Waals surface area (Å²) in [7, 11) is -9.74. The van der Waals surface area contributed by atoms with E-state index in [9.17, 15) is 29.3 Å². The van der Waals surface area contributed by atoms with Crippen LogP contribution in [0.3, 0.4) is 0 Å². The highest BCUT2D eigenvalue weighted by molar-refractivity contribution is 8.45. The normalized spacial score (nSPS) is 14.8. The Hall–Kier alpha value is -2.55. The van der Waals surface area contributed by atoms with Crippen LogP contribution in [0.15, 0.2) is 53.4 Å². The van der Waals surface area contributed by atoms with Crippen LogP contribution >= 0.6 is 10.2 Å². The lowest BCUT2D eigenvalue weighted by Crippen LogP contribution is -2.12. The Balaban J connectivity index is 2.21. The van der Waals surface area contributed by atoms with Crippen LogP contribution in [0.1, 0.15) is 22.8 Å². The van der Waals surface area contributed by atoms with E-state index < -0.39 is 21.0 Å². The SMILES string of the molecule is CC=Cc1ccc(C(=O)Nc2ccc(S(F)(F)(F)(F)F)cc2)cc1O. The summed E-state index contributed by atoms with van der Waals surface area (Å²) < 4.78 is 63.2. The fraction of sp³-hybridized carbons (Fsp3) is 0.0625. The third-order valence-corrected chi connectivity index (χ3v) is 4.36. The maximum atomic E-state index is 12.6. The number of anilines is 1. The number of hydrogen-bond donors (Lipinski definition) is 2. The van der Waals surface area contributed by atoms with Crippen molar-refractivity contribution in [1.29, 1.82) is 0 Å². The van der Waals surface area contributed by atoms with Gasteiger partial charge in [-0.25, -0.2) is 0 Å². The fourth-order valence-electron chi connectivity index (χ4n) is 2.00. The second-order valence-electron chi connectivity index (χ2n) is 5.22. The molecular weight excluding hydrogens is 365 g/mol. The predicted molar refractivity (Wildman–Crippen MR) is 88.6 cm³/mol. The minimum absolute atomic E-state index is 0.0579. The van der Waals surface area contributed by atoms with Gasteiger partial charge in [-0.3, -0.25) is 4.79 Å². The molecule has 0 bridgehead atoms. The first kappa shape index (κ1) is 18.8. The summed E-state index contributed by atoms with van der Waals surface area (Å²) >= 11 is 0. The molecule has 1 amide bonds. The number of benzene rings is 2. The first-order valence-electron chi connectivity index (χ1n) is 6.91. The molecule has 0 aliphatic rings. The van der Waals surface area contributed by atoms with E-state index in [1.54, 1.807) is 19.1 Å². The second-order valence-corrected chi connectivity index (χ2v) is 7.63. The molecule has 9 heteroatoms. The average molecular weight is 379 g/mol. The summed E-state index contributed by atoms with van der Waals surface area (Å²) in [6.45, 7) is 1.75. The molecule has 0 saturated heterocycles.